The molecule has 1 nitrogen and oxygen atoms in total. The molecule has 2 aromatic rings. The van der Waals surface area contributed by atoms with Gasteiger partial charge in [-0.05, 0) is 70.3 Å². The normalized spacial score (nSPS) is 21.7. The molecule has 0 aliphatic heterocycles. The third kappa shape index (κ3) is 3.04. The van der Waals surface area contributed by atoms with Crippen LogP contribution in [0.4, 0.5) is 4.39 Å². The Bertz CT molecular complexity index is 641. The highest BCUT2D eigenvalue weighted by atomic mass is 79.9. The van der Waals surface area contributed by atoms with Crippen molar-refractivity contribution >= 4 is 15.9 Å². The van der Waals surface area contributed by atoms with Crippen LogP contribution in [-0.2, 0) is 12.8 Å². The van der Waals surface area contributed by atoms with Crippen molar-refractivity contribution in [3.8, 4) is 0 Å². The van der Waals surface area contributed by atoms with E-state index in [0.29, 0.717) is 10.4 Å². The molecule has 110 valence electrons. The number of hydrogen-bond acceptors (Lipinski definition) is 1. The van der Waals surface area contributed by atoms with Gasteiger partial charge in [0, 0.05) is 6.04 Å². The van der Waals surface area contributed by atoms with E-state index in [0.717, 1.165) is 31.2 Å². The standard InChI is InChI=1S/C18H19BrFN/c19-17-13(7-4-10-16(17)20)11-14-8-3-6-12-5-1-2-9-15(12)18(14)21/h1-2,4-5,7,9-10,14,18H,3,6,8,11,21H2. The van der Waals surface area contributed by atoms with Crippen molar-refractivity contribution in [2.24, 2.45) is 11.7 Å². The third-order valence-corrected chi connectivity index (χ3v) is 5.34. The highest BCUT2D eigenvalue weighted by molar-refractivity contribution is 9.10. The summed E-state index contributed by atoms with van der Waals surface area (Å²) in [6, 6.07) is 13.7. The second kappa shape index (κ2) is 6.29. The smallest absolute Gasteiger partial charge is 0.137 e. The average molecular weight is 348 g/mol. The maximum Gasteiger partial charge on any atom is 0.137 e. The second-order valence-corrected chi connectivity index (χ2v) is 6.59. The van der Waals surface area contributed by atoms with Gasteiger partial charge in [-0.3, -0.25) is 0 Å². The zero-order chi connectivity index (χ0) is 14.8. The highest BCUT2D eigenvalue weighted by Crippen LogP contribution is 2.35. The summed E-state index contributed by atoms with van der Waals surface area (Å²) in [5.74, 6) is 0.154. The maximum absolute atomic E-state index is 13.7. The van der Waals surface area contributed by atoms with Crippen LogP contribution < -0.4 is 5.73 Å². The SMILES string of the molecule is NC1c2ccccc2CCCC1Cc1cccc(F)c1Br. The molecule has 0 aromatic heterocycles. The fourth-order valence-corrected chi connectivity index (χ4v) is 3.72. The molecule has 21 heavy (non-hydrogen) atoms. The van der Waals surface area contributed by atoms with Gasteiger partial charge in [0.15, 0.2) is 0 Å². The molecule has 2 N–H and O–H groups in total. The van der Waals surface area contributed by atoms with Gasteiger partial charge >= 0.3 is 0 Å². The van der Waals surface area contributed by atoms with E-state index >= 15 is 0 Å². The van der Waals surface area contributed by atoms with Crippen molar-refractivity contribution in [3.63, 3.8) is 0 Å². The molecule has 0 saturated heterocycles. The topological polar surface area (TPSA) is 26.0 Å². The fourth-order valence-electron chi connectivity index (χ4n) is 3.29. The molecule has 0 radical (unpaired) electrons. The number of aryl methyl sites for hydroxylation is 1. The summed E-state index contributed by atoms with van der Waals surface area (Å²) in [5, 5.41) is 0. The molecule has 0 spiro atoms. The van der Waals surface area contributed by atoms with Crippen molar-refractivity contribution in [2.45, 2.75) is 31.7 Å². The Morgan fingerprint density at radius 1 is 1.14 bits per heavy atom. The lowest BCUT2D eigenvalue weighted by Crippen LogP contribution is -2.23. The zero-order valence-electron chi connectivity index (χ0n) is 11.9. The Morgan fingerprint density at radius 2 is 1.95 bits per heavy atom. The summed E-state index contributed by atoms with van der Waals surface area (Å²) in [4.78, 5) is 0. The molecule has 0 bridgehead atoms. The first-order valence-electron chi connectivity index (χ1n) is 7.43. The number of halogens is 2. The predicted octanol–water partition coefficient (Wildman–Crippen LogP) is 4.78. The van der Waals surface area contributed by atoms with Crippen LogP contribution in [0, 0.1) is 11.7 Å². The van der Waals surface area contributed by atoms with Gasteiger partial charge in [0.2, 0.25) is 0 Å². The number of benzene rings is 2. The van der Waals surface area contributed by atoms with E-state index in [4.69, 9.17) is 5.73 Å². The van der Waals surface area contributed by atoms with Crippen molar-refractivity contribution in [3.05, 3.63) is 69.4 Å². The first-order valence-corrected chi connectivity index (χ1v) is 8.22. The van der Waals surface area contributed by atoms with Gasteiger partial charge in [0.05, 0.1) is 4.47 Å². The number of nitrogens with two attached hydrogens (primary N) is 1. The van der Waals surface area contributed by atoms with Crippen LogP contribution >= 0.6 is 15.9 Å². The Labute approximate surface area is 133 Å². The van der Waals surface area contributed by atoms with E-state index in [1.54, 1.807) is 6.07 Å². The first kappa shape index (κ1) is 14.7. The quantitative estimate of drug-likeness (QED) is 0.777. The number of hydrogen-bond donors (Lipinski definition) is 1. The predicted molar refractivity (Wildman–Crippen MR) is 87.6 cm³/mol. The van der Waals surface area contributed by atoms with Crippen LogP contribution in [0.25, 0.3) is 0 Å². The summed E-state index contributed by atoms with van der Waals surface area (Å²) < 4.78 is 14.3. The molecular weight excluding hydrogens is 329 g/mol. The van der Waals surface area contributed by atoms with E-state index < -0.39 is 0 Å². The van der Waals surface area contributed by atoms with Crippen molar-refractivity contribution in [2.75, 3.05) is 0 Å². The molecule has 2 aromatic carbocycles. The van der Waals surface area contributed by atoms with Gasteiger partial charge in [-0.1, -0.05) is 36.4 Å². The molecular formula is C18H19BrFN. The number of rotatable bonds is 2. The summed E-state index contributed by atoms with van der Waals surface area (Å²) in [6.45, 7) is 0. The van der Waals surface area contributed by atoms with E-state index in [1.807, 2.05) is 6.07 Å². The molecule has 0 saturated carbocycles. The molecule has 3 heteroatoms. The molecule has 0 heterocycles. The minimum atomic E-state index is -0.199. The lowest BCUT2D eigenvalue weighted by atomic mass is 9.86. The summed E-state index contributed by atoms with van der Waals surface area (Å²) in [7, 11) is 0. The lowest BCUT2D eigenvalue weighted by molar-refractivity contribution is 0.400. The van der Waals surface area contributed by atoms with Crippen molar-refractivity contribution in [1.82, 2.24) is 0 Å². The van der Waals surface area contributed by atoms with Crippen LogP contribution in [0.3, 0.4) is 0 Å². The van der Waals surface area contributed by atoms with Crippen molar-refractivity contribution < 1.29 is 4.39 Å². The van der Waals surface area contributed by atoms with Crippen LogP contribution in [0.1, 0.15) is 35.6 Å². The maximum atomic E-state index is 13.7. The van der Waals surface area contributed by atoms with E-state index in [2.05, 4.69) is 40.2 Å². The van der Waals surface area contributed by atoms with Crippen LogP contribution in [-0.4, -0.2) is 0 Å². The van der Waals surface area contributed by atoms with Crippen molar-refractivity contribution in [1.29, 1.82) is 0 Å². The summed E-state index contributed by atoms with van der Waals surface area (Å²) in [6.07, 6.45) is 4.12. The molecule has 0 amide bonds. The Morgan fingerprint density at radius 3 is 2.81 bits per heavy atom. The summed E-state index contributed by atoms with van der Waals surface area (Å²) in [5.41, 5.74) is 10.2. The van der Waals surface area contributed by atoms with Gasteiger partial charge in [0.25, 0.3) is 0 Å². The van der Waals surface area contributed by atoms with E-state index in [-0.39, 0.29) is 11.9 Å². The largest absolute Gasteiger partial charge is 0.324 e. The van der Waals surface area contributed by atoms with Gasteiger partial charge in [-0.15, -0.1) is 0 Å². The molecule has 1 aliphatic carbocycles. The number of fused-ring (bicyclic) bond motifs is 1. The second-order valence-electron chi connectivity index (χ2n) is 5.79. The zero-order valence-corrected chi connectivity index (χ0v) is 13.4. The van der Waals surface area contributed by atoms with Gasteiger partial charge in [-0.2, -0.15) is 0 Å². The Kier molecular flexibility index (Phi) is 4.41. The average Bonchev–Trinajstić information content (AvgIpc) is 2.65. The molecule has 2 unspecified atom stereocenters. The molecule has 0 fully saturated rings. The summed E-state index contributed by atoms with van der Waals surface area (Å²) >= 11 is 3.36. The van der Waals surface area contributed by atoms with E-state index in [9.17, 15) is 4.39 Å². The minimum Gasteiger partial charge on any atom is -0.324 e. The molecule has 3 rings (SSSR count). The molecule has 2 atom stereocenters. The van der Waals surface area contributed by atoms with Gasteiger partial charge < -0.3 is 5.73 Å². The van der Waals surface area contributed by atoms with Crippen LogP contribution in [0.2, 0.25) is 0 Å². The lowest BCUT2D eigenvalue weighted by Gasteiger charge is -2.23. The van der Waals surface area contributed by atoms with Gasteiger partial charge in [0.1, 0.15) is 5.82 Å². The van der Waals surface area contributed by atoms with Crippen LogP contribution in [0.5, 0.6) is 0 Å². The third-order valence-electron chi connectivity index (χ3n) is 4.46. The van der Waals surface area contributed by atoms with E-state index in [1.165, 1.54) is 17.2 Å². The Balaban J connectivity index is 1.88. The molecule has 1 aliphatic rings. The van der Waals surface area contributed by atoms with Crippen LogP contribution in [0.15, 0.2) is 46.9 Å². The van der Waals surface area contributed by atoms with Gasteiger partial charge in [-0.25, -0.2) is 4.39 Å². The monoisotopic (exact) mass is 347 g/mol. The highest BCUT2D eigenvalue weighted by Gasteiger charge is 2.25. The fraction of sp³-hybridized carbons (Fsp3) is 0.333. The first-order chi connectivity index (χ1) is 10.2. The minimum absolute atomic E-state index is 0.0267. The Hall–Kier alpha value is -1.19.